The first-order valence-corrected chi connectivity index (χ1v) is 14.0. The standard InChI is InChI=1S/C35H28O7/c1-38-24-9-6-21(7-10-24)19-31-34(37)26-11-13-30-33(35(26)42-31)27(20-32(36)41-30)25-4-2-3-5-29(25)40-16-14-22-8-12-28-23(18-22)15-17-39-28/h2-13,18-19,27H,14-17,20H2,1H3/b31-19-. The molecule has 0 spiro atoms. The van der Waals surface area contributed by atoms with Crippen LogP contribution >= 0.6 is 0 Å². The SMILES string of the molecule is COc1ccc(/C=C2\Oc3c(ccc4c3C(c3ccccc3OCCc3ccc5c(c3)CCO5)CC(=O)O4)C2=O)cc1. The molecule has 0 aromatic heterocycles. The molecule has 3 aliphatic heterocycles. The number of para-hydroxylation sites is 1. The Morgan fingerprint density at radius 3 is 2.62 bits per heavy atom. The Hall–Kier alpha value is -5.04. The number of ether oxygens (including phenoxy) is 5. The highest BCUT2D eigenvalue weighted by atomic mass is 16.5. The minimum Gasteiger partial charge on any atom is -0.497 e. The highest BCUT2D eigenvalue weighted by Crippen LogP contribution is 2.50. The average Bonchev–Trinajstić information content (AvgIpc) is 3.61. The average molecular weight is 561 g/mol. The number of Topliss-reactive ketones (excluding diaryl/α,β-unsaturated/α-hetero) is 1. The highest BCUT2D eigenvalue weighted by Gasteiger charge is 2.39. The Labute approximate surface area is 243 Å². The van der Waals surface area contributed by atoms with Crippen LogP contribution in [-0.2, 0) is 17.6 Å². The second-order valence-corrected chi connectivity index (χ2v) is 10.5. The van der Waals surface area contributed by atoms with E-state index in [-0.39, 0.29) is 23.9 Å². The summed E-state index contributed by atoms with van der Waals surface area (Å²) < 4.78 is 29.0. The predicted molar refractivity (Wildman–Crippen MR) is 156 cm³/mol. The smallest absolute Gasteiger partial charge is 0.312 e. The minimum atomic E-state index is -0.405. The topological polar surface area (TPSA) is 80.3 Å². The van der Waals surface area contributed by atoms with E-state index in [1.165, 1.54) is 11.1 Å². The van der Waals surface area contributed by atoms with Crippen LogP contribution in [0.1, 0.15) is 50.5 Å². The van der Waals surface area contributed by atoms with Crippen molar-refractivity contribution in [1.82, 2.24) is 0 Å². The molecular weight excluding hydrogens is 532 g/mol. The van der Waals surface area contributed by atoms with Gasteiger partial charge in [-0.25, -0.2) is 0 Å². The molecule has 7 heteroatoms. The molecule has 0 radical (unpaired) electrons. The molecule has 0 amide bonds. The summed E-state index contributed by atoms with van der Waals surface area (Å²) in [5.41, 5.74) is 5.18. The number of allylic oxidation sites excluding steroid dienone is 1. The van der Waals surface area contributed by atoms with Gasteiger partial charge in [-0.05, 0) is 59.2 Å². The molecule has 0 fully saturated rings. The molecule has 4 aromatic carbocycles. The third-order valence-electron chi connectivity index (χ3n) is 7.89. The van der Waals surface area contributed by atoms with Crippen molar-refractivity contribution in [3.8, 4) is 28.7 Å². The van der Waals surface area contributed by atoms with Gasteiger partial charge in [0.05, 0.1) is 32.3 Å². The maximum absolute atomic E-state index is 13.4. The van der Waals surface area contributed by atoms with Gasteiger partial charge in [-0.1, -0.05) is 42.5 Å². The van der Waals surface area contributed by atoms with Gasteiger partial charge in [-0.3, -0.25) is 9.59 Å². The van der Waals surface area contributed by atoms with Crippen molar-refractivity contribution >= 4 is 17.8 Å². The Balaban J connectivity index is 1.18. The van der Waals surface area contributed by atoms with Gasteiger partial charge in [0.15, 0.2) is 5.76 Å². The van der Waals surface area contributed by atoms with Crippen LogP contribution in [0.3, 0.4) is 0 Å². The number of ketones is 1. The van der Waals surface area contributed by atoms with Crippen molar-refractivity contribution in [3.63, 3.8) is 0 Å². The maximum Gasteiger partial charge on any atom is 0.312 e. The summed E-state index contributed by atoms with van der Waals surface area (Å²) in [4.78, 5) is 26.1. The van der Waals surface area contributed by atoms with E-state index in [0.29, 0.717) is 35.0 Å². The summed E-state index contributed by atoms with van der Waals surface area (Å²) in [5.74, 6) is 2.42. The molecule has 1 unspecified atom stereocenters. The van der Waals surface area contributed by atoms with Crippen molar-refractivity contribution in [3.05, 3.63) is 118 Å². The lowest BCUT2D eigenvalue weighted by atomic mass is 9.84. The van der Waals surface area contributed by atoms with E-state index in [4.69, 9.17) is 23.7 Å². The molecule has 7 rings (SSSR count). The monoisotopic (exact) mass is 560 g/mol. The van der Waals surface area contributed by atoms with Crippen molar-refractivity contribution < 1.29 is 33.3 Å². The van der Waals surface area contributed by atoms with Crippen LogP contribution in [0.5, 0.6) is 28.7 Å². The summed E-state index contributed by atoms with van der Waals surface area (Å²) in [6.07, 6.45) is 3.47. The zero-order valence-corrected chi connectivity index (χ0v) is 23.1. The lowest BCUT2D eigenvalue weighted by Crippen LogP contribution is -2.22. The number of esters is 1. The zero-order chi connectivity index (χ0) is 28.6. The number of hydrogen-bond donors (Lipinski definition) is 0. The molecule has 7 nitrogen and oxygen atoms in total. The second-order valence-electron chi connectivity index (χ2n) is 10.5. The Kier molecular flexibility index (Phi) is 6.62. The number of fused-ring (bicyclic) bond motifs is 4. The van der Waals surface area contributed by atoms with Gasteiger partial charge in [0.1, 0.15) is 28.7 Å². The summed E-state index contributed by atoms with van der Waals surface area (Å²) >= 11 is 0. The summed E-state index contributed by atoms with van der Waals surface area (Å²) in [7, 11) is 1.60. The van der Waals surface area contributed by atoms with Crippen LogP contribution in [0.4, 0.5) is 0 Å². The molecule has 1 atom stereocenters. The van der Waals surface area contributed by atoms with E-state index < -0.39 is 5.92 Å². The molecule has 210 valence electrons. The van der Waals surface area contributed by atoms with E-state index in [9.17, 15) is 9.59 Å². The van der Waals surface area contributed by atoms with Gasteiger partial charge >= 0.3 is 5.97 Å². The number of benzene rings is 4. The third kappa shape index (κ3) is 4.77. The lowest BCUT2D eigenvalue weighted by molar-refractivity contribution is -0.135. The van der Waals surface area contributed by atoms with Crippen LogP contribution in [0.15, 0.2) is 84.6 Å². The third-order valence-corrected chi connectivity index (χ3v) is 7.89. The second kappa shape index (κ2) is 10.7. The van der Waals surface area contributed by atoms with Gasteiger partial charge in [-0.2, -0.15) is 0 Å². The van der Waals surface area contributed by atoms with Crippen LogP contribution in [0.2, 0.25) is 0 Å². The fourth-order valence-electron chi connectivity index (χ4n) is 5.80. The van der Waals surface area contributed by atoms with Gasteiger partial charge in [0.2, 0.25) is 5.78 Å². The van der Waals surface area contributed by atoms with Gasteiger partial charge in [-0.15, -0.1) is 0 Å². The molecule has 42 heavy (non-hydrogen) atoms. The van der Waals surface area contributed by atoms with Gasteiger partial charge < -0.3 is 23.7 Å². The molecule has 3 aliphatic rings. The highest BCUT2D eigenvalue weighted by molar-refractivity contribution is 6.15. The molecule has 4 aromatic rings. The summed E-state index contributed by atoms with van der Waals surface area (Å²) in [5, 5.41) is 0. The molecule has 0 aliphatic carbocycles. The van der Waals surface area contributed by atoms with Crippen molar-refractivity contribution in [2.75, 3.05) is 20.3 Å². The zero-order valence-electron chi connectivity index (χ0n) is 23.1. The van der Waals surface area contributed by atoms with Crippen molar-refractivity contribution in [2.24, 2.45) is 0 Å². The molecular formula is C35H28O7. The van der Waals surface area contributed by atoms with Gasteiger partial charge in [0, 0.05) is 29.9 Å². The maximum atomic E-state index is 13.4. The van der Waals surface area contributed by atoms with E-state index in [0.717, 1.165) is 42.1 Å². The van der Waals surface area contributed by atoms with Crippen molar-refractivity contribution in [2.45, 2.75) is 25.2 Å². The molecule has 0 bridgehead atoms. The van der Waals surface area contributed by atoms with Crippen molar-refractivity contribution in [1.29, 1.82) is 0 Å². The normalized spacial score (nSPS) is 17.5. The van der Waals surface area contributed by atoms with E-state index in [2.05, 4.69) is 12.1 Å². The summed E-state index contributed by atoms with van der Waals surface area (Å²) in [6, 6.07) is 24.7. The van der Waals surface area contributed by atoms with E-state index >= 15 is 0 Å². The van der Waals surface area contributed by atoms with Crippen LogP contribution in [0, 0.1) is 0 Å². The first kappa shape index (κ1) is 25.9. The van der Waals surface area contributed by atoms with E-state index in [1.54, 1.807) is 25.3 Å². The Morgan fingerprint density at radius 1 is 0.929 bits per heavy atom. The van der Waals surface area contributed by atoms with Gasteiger partial charge in [0.25, 0.3) is 0 Å². The largest absolute Gasteiger partial charge is 0.497 e. The molecule has 3 heterocycles. The number of carbonyl (C=O) groups is 2. The van der Waals surface area contributed by atoms with Crippen LogP contribution in [-0.4, -0.2) is 32.1 Å². The number of methoxy groups -OCH3 is 1. The Bertz CT molecular complexity index is 1740. The minimum absolute atomic E-state index is 0.101. The molecule has 0 N–H and O–H groups in total. The number of hydrogen-bond acceptors (Lipinski definition) is 7. The molecule has 0 saturated heterocycles. The number of carbonyl (C=O) groups excluding carboxylic acids is 2. The predicted octanol–water partition coefficient (Wildman–Crippen LogP) is 6.31. The lowest BCUT2D eigenvalue weighted by Gasteiger charge is -2.27. The first-order chi connectivity index (χ1) is 20.6. The fourth-order valence-corrected chi connectivity index (χ4v) is 5.80. The fraction of sp³-hybridized carbons (Fsp3) is 0.200. The number of rotatable bonds is 7. The Morgan fingerprint density at radius 2 is 1.76 bits per heavy atom. The first-order valence-electron chi connectivity index (χ1n) is 14.0. The van der Waals surface area contributed by atoms with E-state index in [1.807, 2.05) is 54.6 Å². The quantitative estimate of drug-likeness (QED) is 0.149. The molecule has 0 saturated carbocycles. The summed E-state index contributed by atoms with van der Waals surface area (Å²) in [6.45, 7) is 1.20. The van der Waals surface area contributed by atoms with Crippen LogP contribution < -0.4 is 23.7 Å². The van der Waals surface area contributed by atoms with Crippen LogP contribution in [0.25, 0.3) is 6.08 Å².